The van der Waals surface area contributed by atoms with Crippen LogP contribution in [0.5, 0.6) is 0 Å². The molecule has 0 saturated carbocycles. The molecular formula is C22H30N4O4Si. The maximum absolute atomic E-state index is 13.0. The first kappa shape index (κ1) is 24.1. The highest BCUT2D eigenvalue weighted by atomic mass is 28.3. The van der Waals surface area contributed by atoms with Crippen LogP contribution >= 0.6 is 0 Å². The number of nitrogens with two attached hydrogens (primary N) is 1. The summed E-state index contributed by atoms with van der Waals surface area (Å²) in [5.41, 5.74) is 4.69. The third-order valence-electron chi connectivity index (χ3n) is 4.75. The van der Waals surface area contributed by atoms with Crippen molar-refractivity contribution in [3.8, 4) is 11.5 Å². The van der Waals surface area contributed by atoms with Gasteiger partial charge in [0, 0.05) is 24.6 Å². The average Bonchev–Trinajstić information content (AvgIpc) is 2.68. The van der Waals surface area contributed by atoms with E-state index in [1.807, 2.05) is 43.9 Å². The van der Waals surface area contributed by atoms with E-state index in [0.29, 0.717) is 13.0 Å². The molecule has 9 heteroatoms. The monoisotopic (exact) mass is 442 g/mol. The van der Waals surface area contributed by atoms with Crippen LogP contribution in [0.15, 0.2) is 29.4 Å². The summed E-state index contributed by atoms with van der Waals surface area (Å²) in [7, 11) is -1.71. The molecule has 1 heterocycles. The molecule has 4 N–H and O–H groups in total. The molecule has 2 unspecified atom stereocenters. The van der Waals surface area contributed by atoms with Crippen molar-refractivity contribution in [1.29, 1.82) is 0 Å². The Morgan fingerprint density at radius 3 is 2.61 bits per heavy atom. The van der Waals surface area contributed by atoms with Crippen LogP contribution in [0.4, 0.5) is 5.69 Å². The Kier molecular flexibility index (Phi) is 8.39. The number of rotatable bonds is 7. The van der Waals surface area contributed by atoms with Gasteiger partial charge in [0.05, 0.1) is 12.6 Å². The fourth-order valence-corrected chi connectivity index (χ4v) is 3.92. The molecule has 1 aliphatic rings. The molecule has 0 radical (unpaired) electrons. The minimum atomic E-state index is -1.71. The van der Waals surface area contributed by atoms with Gasteiger partial charge in [-0.2, -0.15) is 5.10 Å². The molecule has 1 aromatic carbocycles. The number of nitrogens with one attached hydrogen (secondary N) is 1. The number of hydrogen-bond acceptors (Lipinski definition) is 5. The van der Waals surface area contributed by atoms with E-state index in [1.165, 1.54) is 6.21 Å². The predicted octanol–water partition coefficient (Wildman–Crippen LogP) is 1.95. The summed E-state index contributed by atoms with van der Waals surface area (Å²) < 4.78 is 0. The van der Waals surface area contributed by atoms with Gasteiger partial charge in [-0.05, 0) is 30.5 Å². The molecule has 31 heavy (non-hydrogen) atoms. The Balaban J connectivity index is 2.04. The minimum absolute atomic E-state index is 0.0119. The number of carbonyl (C=O) groups is 3. The Morgan fingerprint density at radius 2 is 2.03 bits per heavy atom. The van der Waals surface area contributed by atoms with Gasteiger partial charge in [-0.1, -0.05) is 37.7 Å². The molecule has 2 atom stereocenters. The number of carboxylic acid groups (broad SMARTS) is 1. The first-order valence-corrected chi connectivity index (χ1v) is 13.8. The number of nitrogens with zero attached hydrogens (tertiary/aromatic N) is 2. The molecule has 0 aliphatic carbocycles. The van der Waals surface area contributed by atoms with Gasteiger partial charge in [0.25, 0.3) is 0 Å². The zero-order chi connectivity index (χ0) is 23.0. The number of piperidine rings is 1. The molecule has 1 aromatic rings. The maximum Gasteiger partial charge on any atom is 0.306 e. The second-order valence-electron chi connectivity index (χ2n) is 8.64. The molecule has 1 aliphatic heterocycles. The lowest BCUT2D eigenvalue weighted by Crippen LogP contribution is -2.44. The molecule has 1 saturated heterocycles. The standard InChI is InChI=1S/C22H30N4O4Si/c1-31(2,3)12-10-18(14-21(28)29)25-20(27)13-17-5-4-11-26(22(17)30)19-8-6-16(7-9-19)15-24-23/h6-9,15,17-18H,4-5,11,13-14,23H2,1-3H3,(H,25,27)(H,28,29). The highest BCUT2D eigenvalue weighted by Crippen LogP contribution is 2.26. The van der Waals surface area contributed by atoms with E-state index in [2.05, 4.69) is 21.9 Å². The summed E-state index contributed by atoms with van der Waals surface area (Å²) in [5.74, 6) is 6.12. The van der Waals surface area contributed by atoms with Crippen molar-refractivity contribution >= 4 is 37.8 Å². The highest BCUT2D eigenvalue weighted by molar-refractivity contribution is 6.83. The maximum atomic E-state index is 13.0. The van der Waals surface area contributed by atoms with E-state index >= 15 is 0 Å². The van der Waals surface area contributed by atoms with Crippen molar-refractivity contribution in [2.45, 2.75) is 51.4 Å². The Labute approximate surface area is 183 Å². The lowest BCUT2D eigenvalue weighted by molar-refractivity contribution is -0.137. The average molecular weight is 443 g/mol. The van der Waals surface area contributed by atoms with Gasteiger partial charge in [0.2, 0.25) is 11.8 Å². The van der Waals surface area contributed by atoms with Gasteiger partial charge in [-0.15, -0.1) is 5.54 Å². The Hall–Kier alpha value is -3.12. The van der Waals surface area contributed by atoms with Gasteiger partial charge in [-0.3, -0.25) is 14.4 Å². The summed E-state index contributed by atoms with van der Waals surface area (Å²) >= 11 is 0. The van der Waals surface area contributed by atoms with Crippen molar-refractivity contribution in [2.24, 2.45) is 16.9 Å². The minimum Gasteiger partial charge on any atom is -0.481 e. The van der Waals surface area contributed by atoms with Crippen LogP contribution in [0.3, 0.4) is 0 Å². The third-order valence-corrected chi connectivity index (χ3v) is 5.64. The zero-order valence-electron chi connectivity index (χ0n) is 18.2. The van der Waals surface area contributed by atoms with Crippen LogP contribution in [0.1, 0.15) is 31.2 Å². The van der Waals surface area contributed by atoms with Crippen LogP contribution in [-0.2, 0) is 14.4 Å². The number of aliphatic carboxylic acids is 1. The summed E-state index contributed by atoms with van der Waals surface area (Å²) in [6.07, 6.45) is 2.66. The summed E-state index contributed by atoms with van der Waals surface area (Å²) in [4.78, 5) is 38.4. The molecule has 1 fully saturated rings. The fraction of sp³-hybridized carbons (Fsp3) is 0.455. The Bertz CT molecular complexity index is 897. The first-order valence-electron chi connectivity index (χ1n) is 10.3. The largest absolute Gasteiger partial charge is 0.481 e. The van der Waals surface area contributed by atoms with E-state index in [1.54, 1.807) is 4.90 Å². The lowest BCUT2D eigenvalue weighted by Gasteiger charge is -2.32. The molecule has 8 nitrogen and oxygen atoms in total. The van der Waals surface area contributed by atoms with Crippen molar-refractivity contribution in [3.63, 3.8) is 0 Å². The van der Waals surface area contributed by atoms with Crippen LogP contribution < -0.4 is 16.1 Å². The van der Waals surface area contributed by atoms with Crippen LogP contribution in [0.2, 0.25) is 19.6 Å². The van der Waals surface area contributed by atoms with E-state index in [4.69, 9.17) is 10.9 Å². The smallest absolute Gasteiger partial charge is 0.306 e. The van der Waals surface area contributed by atoms with E-state index in [-0.39, 0.29) is 24.7 Å². The van der Waals surface area contributed by atoms with Crippen LogP contribution in [0, 0.1) is 17.4 Å². The van der Waals surface area contributed by atoms with E-state index in [0.717, 1.165) is 17.7 Å². The van der Waals surface area contributed by atoms with Crippen LogP contribution in [0.25, 0.3) is 0 Å². The number of carbonyl (C=O) groups excluding carboxylic acids is 2. The zero-order valence-corrected chi connectivity index (χ0v) is 19.2. The van der Waals surface area contributed by atoms with Crippen molar-refractivity contribution in [1.82, 2.24) is 5.32 Å². The lowest BCUT2D eigenvalue weighted by atomic mass is 9.92. The summed E-state index contributed by atoms with van der Waals surface area (Å²) in [6.45, 7) is 6.73. The molecule has 0 bridgehead atoms. The number of amides is 2. The SMILES string of the molecule is C[Si](C)(C)C#CC(CC(=O)O)NC(=O)CC1CCCN(c2ccc(C=NN)cc2)C1=O. The van der Waals surface area contributed by atoms with Gasteiger partial charge < -0.3 is 21.2 Å². The Morgan fingerprint density at radius 1 is 1.35 bits per heavy atom. The van der Waals surface area contributed by atoms with E-state index in [9.17, 15) is 14.4 Å². The highest BCUT2D eigenvalue weighted by Gasteiger charge is 2.31. The van der Waals surface area contributed by atoms with Crippen molar-refractivity contribution < 1.29 is 19.5 Å². The normalized spacial score (nSPS) is 17.7. The van der Waals surface area contributed by atoms with Gasteiger partial charge >= 0.3 is 5.97 Å². The third kappa shape index (κ3) is 7.90. The van der Waals surface area contributed by atoms with Crippen molar-refractivity contribution in [2.75, 3.05) is 11.4 Å². The van der Waals surface area contributed by atoms with Crippen LogP contribution in [-0.4, -0.2) is 49.8 Å². The van der Waals surface area contributed by atoms with Gasteiger partial charge in [-0.25, -0.2) is 0 Å². The summed E-state index contributed by atoms with van der Waals surface area (Å²) in [6, 6.07) is 6.54. The number of hydrazone groups is 1. The van der Waals surface area contributed by atoms with Crippen molar-refractivity contribution in [3.05, 3.63) is 29.8 Å². The predicted molar refractivity (Wildman–Crippen MR) is 123 cm³/mol. The second-order valence-corrected chi connectivity index (χ2v) is 13.4. The number of hydrogen-bond donors (Lipinski definition) is 3. The molecule has 166 valence electrons. The quantitative estimate of drug-likeness (QED) is 0.196. The second kappa shape index (κ2) is 10.8. The molecule has 0 aromatic heterocycles. The summed E-state index contributed by atoms with van der Waals surface area (Å²) in [5, 5.41) is 15.3. The fourth-order valence-electron chi connectivity index (χ4n) is 3.32. The van der Waals surface area contributed by atoms with E-state index < -0.39 is 26.0 Å². The number of benzene rings is 1. The molecule has 2 rings (SSSR count). The molecule has 2 amide bonds. The van der Waals surface area contributed by atoms with Gasteiger partial charge in [0.1, 0.15) is 14.1 Å². The van der Waals surface area contributed by atoms with Gasteiger partial charge in [0.15, 0.2) is 0 Å². The molecule has 0 spiro atoms. The first-order chi connectivity index (χ1) is 14.6. The topological polar surface area (TPSA) is 125 Å². The number of anilines is 1. The molecular weight excluding hydrogens is 412 g/mol. The number of carboxylic acids is 1.